The van der Waals surface area contributed by atoms with Gasteiger partial charge in [-0.1, -0.05) is 26.8 Å². The summed E-state index contributed by atoms with van der Waals surface area (Å²) in [4.78, 5) is 27.3. The van der Waals surface area contributed by atoms with Crippen LogP contribution in [0.2, 0.25) is 0 Å². The number of hydrogen-bond acceptors (Lipinski definition) is 3. The number of hydrogen-bond donors (Lipinski definition) is 1. The zero-order chi connectivity index (χ0) is 14.0. The molecule has 1 saturated heterocycles. The van der Waals surface area contributed by atoms with Crippen LogP contribution in [0.3, 0.4) is 0 Å². The Hall–Kier alpha value is -1.36. The van der Waals surface area contributed by atoms with E-state index in [4.69, 9.17) is 0 Å². The molecule has 1 aliphatic rings. The zero-order valence-electron chi connectivity index (χ0n) is 11.6. The Morgan fingerprint density at radius 1 is 1.47 bits per heavy atom. The molecule has 2 rings (SSSR count). The fraction of sp³-hybridized carbons (Fsp3) is 0.571. The monoisotopic (exact) mass is 280 g/mol. The molecule has 0 aliphatic carbocycles. The molecule has 0 bridgehead atoms. The Bertz CT molecular complexity index is 456. The molecule has 19 heavy (non-hydrogen) atoms. The van der Waals surface area contributed by atoms with Gasteiger partial charge in [-0.05, 0) is 23.8 Å². The third kappa shape index (κ3) is 2.66. The summed E-state index contributed by atoms with van der Waals surface area (Å²) in [5, 5.41) is 4.70. The maximum absolute atomic E-state index is 12.3. The predicted molar refractivity (Wildman–Crippen MR) is 75.8 cm³/mol. The number of thiophene rings is 1. The van der Waals surface area contributed by atoms with E-state index in [0.29, 0.717) is 0 Å². The number of rotatable bonds is 4. The van der Waals surface area contributed by atoms with Crippen molar-refractivity contribution in [2.24, 2.45) is 5.92 Å². The van der Waals surface area contributed by atoms with Crippen LogP contribution in [-0.2, 0) is 9.59 Å². The first-order chi connectivity index (χ1) is 9.06. The molecule has 1 aliphatic heterocycles. The molecule has 5 heteroatoms. The van der Waals surface area contributed by atoms with Crippen LogP contribution in [-0.4, -0.2) is 29.3 Å². The van der Waals surface area contributed by atoms with E-state index in [-0.39, 0.29) is 36.4 Å². The summed E-state index contributed by atoms with van der Waals surface area (Å²) in [6.07, 6.45) is 0.822. The van der Waals surface area contributed by atoms with Crippen LogP contribution in [0, 0.1) is 5.92 Å². The Morgan fingerprint density at radius 3 is 2.74 bits per heavy atom. The average Bonchev–Trinajstić information content (AvgIpc) is 2.88. The van der Waals surface area contributed by atoms with Gasteiger partial charge in [-0.25, -0.2) is 0 Å². The quantitative estimate of drug-likeness (QED) is 0.919. The number of nitrogens with zero attached hydrogens (tertiary/aromatic N) is 1. The third-order valence-electron chi connectivity index (χ3n) is 3.50. The highest BCUT2D eigenvalue weighted by atomic mass is 32.1. The molecule has 0 aromatic carbocycles. The summed E-state index contributed by atoms with van der Waals surface area (Å²) in [7, 11) is 0. The Labute approximate surface area is 117 Å². The van der Waals surface area contributed by atoms with Crippen molar-refractivity contribution in [3.05, 3.63) is 22.4 Å². The van der Waals surface area contributed by atoms with Gasteiger partial charge >= 0.3 is 0 Å². The van der Waals surface area contributed by atoms with Crippen LogP contribution in [0.1, 0.15) is 38.1 Å². The normalized spacial score (nSPS) is 21.7. The topological polar surface area (TPSA) is 49.4 Å². The van der Waals surface area contributed by atoms with Gasteiger partial charge in [0.05, 0.1) is 12.6 Å². The summed E-state index contributed by atoms with van der Waals surface area (Å²) in [6, 6.07) is 3.66. The molecular formula is C14H20N2O2S. The molecule has 2 unspecified atom stereocenters. The second-order valence-electron chi connectivity index (χ2n) is 5.15. The molecule has 1 N–H and O–H groups in total. The first-order valence-corrected chi connectivity index (χ1v) is 7.56. The first-order valence-electron chi connectivity index (χ1n) is 6.68. The predicted octanol–water partition coefficient (Wildman–Crippen LogP) is 2.18. The van der Waals surface area contributed by atoms with Gasteiger partial charge in [-0.3, -0.25) is 9.59 Å². The molecule has 1 fully saturated rings. The zero-order valence-corrected chi connectivity index (χ0v) is 12.4. The fourth-order valence-electron chi connectivity index (χ4n) is 2.65. The summed E-state index contributed by atoms with van der Waals surface area (Å²) in [5.74, 6) is 0.0846. The lowest BCUT2D eigenvalue weighted by atomic mass is 9.96. The Morgan fingerprint density at radius 2 is 2.21 bits per heavy atom. The van der Waals surface area contributed by atoms with Crippen molar-refractivity contribution in [1.82, 2.24) is 10.2 Å². The molecule has 2 amide bonds. The molecule has 104 valence electrons. The summed E-state index contributed by atoms with van der Waals surface area (Å²) >= 11 is 1.64. The summed E-state index contributed by atoms with van der Waals surface area (Å²) in [6.45, 7) is 6.14. The highest BCUT2D eigenvalue weighted by Gasteiger charge is 2.40. The Balaban J connectivity index is 2.36. The van der Waals surface area contributed by atoms with E-state index in [2.05, 4.69) is 12.2 Å². The van der Waals surface area contributed by atoms with E-state index in [9.17, 15) is 9.59 Å². The number of amides is 2. The molecule has 0 radical (unpaired) electrons. The fourth-order valence-corrected chi connectivity index (χ4v) is 3.56. The van der Waals surface area contributed by atoms with Gasteiger partial charge in [0.25, 0.3) is 0 Å². The second kappa shape index (κ2) is 5.74. The third-order valence-corrected chi connectivity index (χ3v) is 4.47. The Kier molecular flexibility index (Phi) is 4.24. The van der Waals surface area contributed by atoms with Crippen molar-refractivity contribution < 1.29 is 9.59 Å². The van der Waals surface area contributed by atoms with E-state index in [0.717, 1.165) is 11.3 Å². The van der Waals surface area contributed by atoms with Crippen molar-refractivity contribution in [2.75, 3.05) is 6.54 Å². The van der Waals surface area contributed by atoms with Crippen LogP contribution in [0.5, 0.6) is 0 Å². The van der Waals surface area contributed by atoms with Gasteiger partial charge in [0, 0.05) is 4.88 Å². The van der Waals surface area contributed by atoms with Gasteiger partial charge in [0.2, 0.25) is 11.8 Å². The lowest BCUT2D eigenvalue weighted by Crippen LogP contribution is -2.60. The molecule has 0 spiro atoms. The molecule has 4 nitrogen and oxygen atoms in total. The number of piperazine rings is 1. The van der Waals surface area contributed by atoms with E-state index >= 15 is 0 Å². The second-order valence-corrected chi connectivity index (χ2v) is 6.13. The largest absolute Gasteiger partial charge is 0.345 e. The standard InChI is InChI=1S/C14H20N2O2S/c1-4-10(11-6-5-7-19-11)16-12(17)8-15-14(18)13(16)9(2)3/h5-7,9-10,13H,4,8H2,1-3H3,(H,15,18). The molecule has 0 saturated carbocycles. The summed E-state index contributed by atoms with van der Waals surface area (Å²) in [5.41, 5.74) is 0. The minimum Gasteiger partial charge on any atom is -0.345 e. The van der Waals surface area contributed by atoms with Crippen LogP contribution in [0.25, 0.3) is 0 Å². The van der Waals surface area contributed by atoms with E-state index < -0.39 is 0 Å². The van der Waals surface area contributed by atoms with Gasteiger partial charge in [0.1, 0.15) is 6.04 Å². The number of carbonyl (C=O) groups excluding carboxylic acids is 2. The van der Waals surface area contributed by atoms with E-state index in [1.54, 1.807) is 16.2 Å². The molecule has 1 aromatic rings. The first kappa shape index (κ1) is 14.1. The maximum Gasteiger partial charge on any atom is 0.243 e. The number of nitrogens with one attached hydrogen (secondary N) is 1. The minimum absolute atomic E-state index is 0.00551. The molecule has 2 heterocycles. The smallest absolute Gasteiger partial charge is 0.243 e. The van der Waals surface area contributed by atoms with Crippen molar-refractivity contribution in [1.29, 1.82) is 0 Å². The highest BCUT2D eigenvalue weighted by Crippen LogP contribution is 2.32. The maximum atomic E-state index is 12.3. The minimum atomic E-state index is -0.367. The van der Waals surface area contributed by atoms with Crippen LogP contribution in [0.4, 0.5) is 0 Å². The summed E-state index contributed by atoms with van der Waals surface area (Å²) < 4.78 is 0. The van der Waals surface area contributed by atoms with Gasteiger partial charge in [0.15, 0.2) is 0 Å². The van der Waals surface area contributed by atoms with Crippen molar-refractivity contribution >= 4 is 23.2 Å². The number of carbonyl (C=O) groups is 2. The molecule has 1 aromatic heterocycles. The molecule has 2 atom stereocenters. The van der Waals surface area contributed by atoms with Crippen molar-refractivity contribution in [2.45, 2.75) is 39.3 Å². The van der Waals surface area contributed by atoms with E-state index in [1.165, 1.54) is 0 Å². The van der Waals surface area contributed by atoms with E-state index in [1.807, 2.05) is 31.4 Å². The van der Waals surface area contributed by atoms with Crippen LogP contribution in [0.15, 0.2) is 17.5 Å². The van der Waals surface area contributed by atoms with Crippen molar-refractivity contribution in [3.63, 3.8) is 0 Å². The van der Waals surface area contributed by atoms with Crippen molar-refractivity contribution in [3.8, 4) is 0 Å². The van der Waals surface area contributed by atoms with Gasteiger partial charge < -0.3 is 10.2 Å². The lowest BCUT2D eigenvalue weighted by molar-refractivity contribution is -0.150. The van der Waals surface area contributed by atoms with Crippen LogP contribution >= 0.6 is 11.3 Å². The van der Waals surface area contributed by atoms with Crippen LogP contribution < -0.4 is 5.32 Å². The highest BCUT2D eigenvalue weighted by molar-refractivity contribution is 7.10. The van der Waals surface area contributed by atoms with Gasteiger partial charge in [-0.2, -0.15) is 0 Å². The lowest BCUT2D eigenvalue weighted by Gasteiger charge is -2.41. The average molecular weight is 280 g/mol. The SMILES string of the molecule is CCC(c1cccs1)N1C(=O)CNC(=O)C1C(C)C. The molecular weight excluding hydrogens is 260 g/mol. The van der Waals surface area contributed by atoms with Gasteiger partial charge in [-0.15, -0.1) is 11.3 Å².